The van der Waals surface area contributed by atoms with Crippen molar-refractivity contribution < 1.29 is 9.47 Å². The predicted octanol–water partition coefficient (Wildman–Crippen LogP) is 17.2. The standard InChI is InChI=1S/C31H42N2O.C30H40N2O/c1-5-6-7-8-20-34-30-18-16-28(17-19-30)27-12-14-29(15-13-27)31-32-22-26(23-33-31)21-25(4)11-9-10-24(2)3;1-5-6-7-19-33-29-17-15-27(16-18-29)26-11-13-28(14-12-26)30-31-21-25(22-32-30)20-24(4)10-8-9-23(2)3/h12-19,22-25H,5-11,20-21H2,1-4H3;11-18,21-24H,5-10,19-20H2,1-4H3. The Bertz CT molecular complexity index is 2200. The first-order valence-corrected chi connectivity index (χ1v) is 25.9. The molecule has 358 valence electrons. The lowest BCUT2D eigenvalue weighted by Gasteiger charge is -2.12. The van der Waals surface area contributed by atoms with Gasteiger partial charge < -0.3 is 9.47 Å². The van der Waals surface area contributed by atoms with Crippen molar-refractivity contribution in [2.24, 2.45) is 23.7 Å². The molecule has 2 unspecified atom stereocenters. The van der Waals surface area contributed by atoms with E-state index < -0.39 is 0 Å². The number of aromatic nitrogens is 4. The first-order valence-electron chi connectivity index (χ1n) is 25.9. The number of benzene rings is 4. The second-order valence-electron chi connectivity index (χ2n) is 19.8. The summed E-state index contributed by atoms with van der Waals surface area (Å²) in [4.78, 5) is 18.6. The molecule has 0 aliphatic heterocycles. The van der Waals surface area contributed by atoms with Crippen LogP contribution in [0.2, 0.25) is 0 Å². The van der Waals surface area contributed by atoms with Gasteiger partial charge in [-0.3, -0.25) is 0 Å². The fourth-order valence-electron chi connectivity index (χ4n) is 8.35. The normalized spacial score (nSPS) is 12.1. The Kier molecular flexibility index (Phi) is 23.1. The molecule has 6 heteroatoms. The van der Waals surface area contributed by atoms with E-state index in [2.05, 4.69) is 172 Å². The molecule has 0 bridgehead atoms. The molecule has 0 radical (unpaired) electrons. The summed E-state index contributed by atoms with van der Waals surface area (Å²) in [5.41, 5.74) is 9.29. The Morgan fingerprint density at radius 2 is 0.672 bits per heavy atom. The van der Waals surface area contributed by atoms with Gasteiger partial charge in [0.2, 0.25) is 0 Å². The molecule has 0 saturated carbocycles. The zero-order valence-electron chi connectivity index (χ0n) is 42.5. The van der Waals surface area contributed by atoms with Gasteiger partial charge in [0, 0.05) is 35.9 Å². The van der Waals surface area contributed by atoms with E-state index in [-0.39, 0.29) is 0 Å². The quantitative estimate of drug-likeness (QED) is 0.0480. The van der Waals surface area contributed by atoms with Crippen molar-refractivity contribution in [3.8, 4) is 56.5 Å². The molecule has 0 saturated heterocycles. The minimum absolute atomic E-state index is 0.672. The van der Waals surface area contributed by atoms with E-state index >= 15 is 0 Å². The maximum absolute atomic E-state index is 5.87. The van der Waals surface area contributed by atoms with Crippen LogP contribution in [-0.2, 0) is 12.8 Å². The van der Waals surface area contributed by atoms with Gasteiger partial charge in [0.15, 0.2) is 11.6 Å². The molecular formula is C61H82N4O2. The van der Waals surface area contributed by atoms with Crippen LogP contribution in [0.1, 0.15) is 150 Å². The second kappa shape index (κ2) is 29.4. The van der Waals surface area contributed by atoms with E-state index in [1.165, 1.54) is 104 Å². The van der Waals surface area contributed by atoms with Crippen LogP contribution < -0.4 is 9.47 Å². The molecule has 67 heavy (non-hydrogen) atoms. The van der Waals surface area contributed by atoms with Gasteiger partial charge in [-0.25, -0.2) is 19.9 Å². The minimum Gasteiger partial charge on any atom is -0.494 e. The van der Waals surface area contributed by atoms with Gasteiger partial charge in [0.1, 0.15) is 11.5 Å². The van der Waals surface area contributed by atoms with Crippen LogP contribution in [-0.4, -0.2) is 33.1 Å². The first-order chi connectivity index (χ1) is 32.6. The van der Waals surface area contributed by atoms with Crippen molar-refractivity contribution in [3.05, 3.63) is 133 Å². The van der Waals surface area contributed by atoms with Gasteiger partial charge in [0.05, 0.1) is 13.2 Å². The summed E-state index contributed by atoms with van der Waals surface area (Å²) >= 11 is 0. The molecule has 0 spiro atoms. The number of hydrogen-bond acceptors (Lipinski definition) is 6. The van der Waals surface area contributed by atoms with E-state index in [9.17, 15) is 0 Å². The molecule has 6 aromatic rings. The lowest BCUT2D eigenvalue weighted by molar-refractivity contribution is 0.305. The molecule has 4 aromatic carbocycles. The Balaban J connectivity index is 0.000000251. The number of rotatable bonds is 27. The highest BCUT2D eigenvalue weighted by atomic mass is 16.5. The number of nitrogens with zero attached hydrogens (tertiary/aromatic N) is 4. The highest BCUT2D eigenvalue weighted by Crippen LogP contribution is 2.28. The lowest BCUT2D eigenvalue weighted by Crippen LogP contribution is -2.02. The van der Waals surface area contributed by atoms with Gasteiger partial charge in [-0.1, -0.05) is 199 Å². The first kappa shape index (κ1) is 52.6. The van der Waals surface area contributed by atoms with Crippen molar-refractivity contribution in [2.45, 2.75) is 152 Å². The summed E-state index contributed by atoms with van der Waals surface area (Å²) in [6.07, 6.45) is 26.3. The SMILES string of the molecule is CCCCCCOc1ccc(-c2ccc(-c3ncc(CC(C)CCCC(C)C)cn3)cc2)cc1.CCCCCOc1ccc(-c2ccc(-c3ncc(CC(C)CCCC(C)C)cn3)cc2)cc1. The molecule has 0 amide bonds. The number of hydrogen-bond donors (Lipinski definition) is 0. The van der Waals surface area contributed by atoms with Crippen molar-refractivity contribution >= 4 is 0 Å². The number of unbranched alkanes of at least 4 members (excludes halogenated alkanes) is 5. The Hall–Kier alpha value is -5.36. The van der Waals surface area contributed by atoms with Crippen LogP contribution in [0.5, 0.6) is 11.5 Å². The van der Waals surface area contributed by atoms with Crippen molar-refractivity contribution in [1.29, 1.82) is 0 Å². The summed E-state index contributed by atoms with van der Waals surface area (Å²) in [5, 5.41) is 0. The maximum atomic E-state index is 5.87. The van der Waals surface area contributed by atoms with Gasteiger partial charge in [-0.05, 0) is 107 Å². The minimum atomic E-state index is 0.672. The van der Waals surface area contributed by atoms with Crippen LogP contribution in [0.15, 0.2) is 122 Å². The fourth-order valence-corrected chi connectivity index (χ4v) is 8.35. The molecule has 2 atom stereocenters. The van der Waals surface area contributed by atoms with Gasteiger partial charge in [-0.2, -0.15) is 0 Å². The van der Waals surface area contributed by atoms with Crippen LogP contribution in [0.4, 0.5) is 0 Å². The van der Waals surface area contributed by atoms with Crippen LogP contribution in [0.25, 0.3) is 45.0 Å². The third-order valence-electron chi connectivity index (χ3n) is 12.5. The average molecular weight is 903 g/mol. The molecule has 6 nitrogen and oxygen atoms in total. The highest BCUT2D eigenvalue weighted by molar-refractivity contribution is 5.69. The lowest BCUT2D eigenvalue weighted by atomic mass is 9.95. The largest absolute Gasteiger partial charge is 0.494 e. The summed E-state index contributed by atoms with van der Waals surface area (Å²) < 4.78 is 11.7. The molecule has 0 aliphatic carbocycles. The second-order valence-corrected chi connectivity index (χ2v) is 19.8. The summed E-state index contributed by atoms with van der Waals surface area (Å²) in [6.45, 7) is 19.9. The van der Waals surface area contributed by atoms with Gasteiger partial charge in [0.25, 0.3) is 0 Å². The van der Waals surface area contributed by atoms with Crippen molar-refractivity contribution in [3.63, 3.8) is 0 Å². The van der Waals surface area contributed by atoms with Crippen LogP contribution in [0, 0.1) is 23.7 Å². The molecule has 0 N–H and O–H groups in total. The average Bonchev–Trinajstić information content (AvgIpc) is 3.34. The van der Waals surface area contributed by atoms with Crippen molar-refractivity contribution in [1.82, 2.24) is 19.9 Å². The van der Waals surface area contributed by atoms with Crippen LogP contribution in [0.3, 0.4) is 0 Å². The molecule has 0 fully saturated rings. The summed E-state index contributed by atoms with van der Waals surface area (Å²) in [7, 11) is 0. The van der Waals surface area contributed by atoms with Crippen LogP contribution >= 0.6 is 0 Å². The topological polar surface area (TPSA) is 70.0 Å². The zero-order valence-corrected chi connectivity index (χ0v) is 42.5. The molecular weight excluding hydrogens is 821 g/mol. The third kappa shape index (κ3) is 19.4. The summed E-state index contributed by atoms with van der Waals surface area (Å²) in [6, 6.07) is 33.7. The predicted molar refractivity (Wildman–Crippen MR) is 284 cm³/mol. The number of ether oxygens (including phenoxy) is 2. The van der Waals surface area contributed by atoms with Gasteiger partial charge in [-0.15, -0.1) is 0 Å². The van der Waals surface area contributed by atoms with E-state index in [1.54, 1.807) is 0 Å². The molecule has 6 rings (SSSR count). The molecule has 2 aromatic heterocycles. The van der Waals surface area contributed by atoms with E-state index in [0.717, 1.165) is 85.0 Å². The Morgan fingerprint density at radius 1 is 0.358 bits per heavy atom. The Labute approximate surface area is 405 Å². The Morgan fingerprint density at radius 3 is 1.01 bits per heavy atom. The maximum Gasteiger partial charge on any atom is 0.159 e. The zero-order chi connectivity index (χ0) is 47.6. The summed E-state index contributed by atoms with van der Waals surface area (Å²) in [5.74, 6) is 6.38. The van der Waals surface area contributed by atoms with E-state index in [4.69, 9.17) is 9.47 Å². The third-order valence-corrected chi connectivity index (χ3v) is 12.5. The fraction of sp³-hybridized carbons (Fsp3) is 0.475. The highest BCUT2D eigenvalue weighted by Gasteiger charge is 2.10. The smallest absolute Gasteiger partial charge is 0.159 e. The van der Waals surface area contributed by atoms with Crippen molar-refractivity contribution in [2.75, 3.05) is 13.2 Å². The monoisotopic (exact) mass is 903 g/mol. The molecule has 0 aliphatic rings. The molecule has 2 heterocycles. The van der Waals surface area contributed by atoms with Gasteiger partial charge >= 0.3 is 0 Å². The van der Waals surface area contributed by atoms with E-state index in [1.807, 2.05) is 24.8 Å². The van der Waals surface area contributed by atoms with E-state index in [0.29, 0.717) is 11.8 Å².